The number of rotatable bonds is 6. The fourth-order valence-electron chi connectivity index (χ4n) is 3.18. The molecule has 0 unspecified atom stereocenters. The number of ether oxygens (including phenoxy) is 4. The first-order chi connectivity index (χ1) is 16.0. The van der Waals surface area contributed by atoms with Crippen molar-refractivity contribution in [2.45, 2.75) is 14.4 Å². The Kier molecular flexibility index (Phi) is 11.5. The highest BCUT2D eigenvalue weighted by Crippen LogP contribution is 2.35. The van der Waals surface area contributed by atoms with Crippen LogP contribution in [0, 0.1) is 0 Å². The van der Waals surface area contributed by atoms with E-state index in [4.69, 9.17) is 30.5 Å². The molecule has 0 spiro atoms. The SMILES string of the molecule is C.CCN(C)c1ncnc2cc(OC)c(OC)cc12.COc1cc2ncnc(Cl)c2cc1OC.[Cl-]. The molecular weight excluding hydrogens is 493 g/mol. The molecular formula is C24H30Cl2N5O4-. The molecule has 0 saturated carbocycles. The molecule has 0 atom stereocenters. The average molecular weight is 523 g/mol. The highest BCUT2D eigenvalue weighted by molar-refractivity contribution is 6.34. The van der Waals surface area contributed by atoms with Gasteiger partial charge in [0.2, 0.25) is 0 Å². The number of halogens is 2. The first-order valence-electron chi connectivity index (χ1n) is 10.1. The molecule has 190 valence electrons. The minimum Gasteiger partial charge on any atom is -1.00 e. The summed E-state index contributed by atoms with van der Waals surface area (Å²) in [6.07, 6.45) is 2.98. The number of anilines is 1. The minimum absolute atomic E-state index is 0. The largest absolute Gasteiger partial charge is 1.00 e. The van der Waals surface area contributed by atoms with Crippen molar-refractivity contribution in [3.8, 4) is 23.0 Å². The van der Waals surface area contributed by atoms with Crippen molar-refractivity contribution in [3.63, 3.8) is 0 Å². The second-order valence-electron chi connectivity index (χ2n) is 6.82. The number of aromatic nitrogens is 4. The van der Waals surface area contributed by atoms with E-state index in [1.807, 2.05) is 19.2 Å². The van der Waals surface area contributed by atoms with Crippen LogP contribution in [-0.2, 0) is 0 Å². The van der Waals surface area contributed by atoms with E-state index in [2.05, 4.69) is 31.8 Å². The molecule has 0 aliphatic carbocycles. The number of nitrogens with zero attached hydrogens (tertiary/aromatic N) is 5. The smallest absolute Gasteiger partial charge is 0.162 e. The summed E-state index contributed by atoms with van der Waals surface area (Å²) < 4.78 is 20.9. The van der Waals surface area contributed by atoms with Gasteiger partial charge in [-0.05, 0) is 19.1 Å². The van der Waals surface area contributed by atoms with Crippen LogP contribution in [0.5, 0.6) is 23.0 Å². The lowest BCUT2D eigenvalue weighted by Gasteiger charge is -2.18. The van der Waals surface area contributed by atoms with Gasteiger partial charge in [-0.2, -0.15) is 0 Å². The van der Waals surface area contributed by atoms with Gasteiger partial charge in [0.25, 0.3) is 0 Å². The maximum atomic E-state index is 5.93. The van der Waals surface area contributed by atoms with Gasteiger partial charge >= 0.3 is 0 Å². The Balaban J connectivity index is 0.000000336. The zero-order valence-electron chi connectivity index (χ0n) is 19.8. The van der Waals surface area contributed by atoms with Crippen molar-refractivity contribution in [1.82, 2.24) is 19.9 Å². The van der Waals surface area contributed by atoms with Crippen molar-refractivity contribution in [2.75, 3.05) is 46.9 Å². The Hall–Kier alpha value is -3.30. The predicted molar refractivity (Wildman–Crippen MR) is 136 cm³/mol. The van der Waals surface area contributed by atoms with Gasteiger partial charge in [-0.1, -0.05) is 19.0 Å². The molecule has 0 N–H and O–H groups in total. The first kappa shape index (κ1) is 29.7. The van der Waals surface area contributed by atoms with E-state index >= 15 is 0 Å². The lowest BCUT2D eigenvalue weighted by molar-refractivity contribution is -0.00000838. The van der Waals surface area contributed by atoms with Crippen LogP contribution in [0.25, 0.3) is 21.8 Å². The van der Waals surface area contributed by atoms with E-state index in [9.17, 15) is 0 Å². The van der Waals surface area contributed by atoms with Gasteiger partial charge in [-0.25, -0.2) is 19.9 Å². The van der Waals surface area contributed by atoms with Crippen molar-refractivity contribution < 1.29 is 31.4 Å². The Morgan fingerprint density at radius 1 is 0.714 bits per heavy atom. The molecule has 2 heterocycles. The van der Waals surface area contributed by atoms with E-state index in [-0.39, 0.29) is 19.8 Å². The van der Waals surface area contributed by atoms with Gasteiger partial charge in [-0.3, -0.25) is 0 Å². The molecule has 11 heteroatoms. The van der Waals surface area contributed by atoms with E-state index in [1.54, 1.807) is 46.9 Å². The molecule has 9 nitrogen and oxygen atoms in total. The summed E-state index contributed by atoms with van der Waals surface area (Å²) >= 11 is 5.93. The Morgan fingerprint density at radius 3 is 1.63 bits per heavy atom. The molecule has 2 aromatic heterocycles. The molecule has 0 aliphatic heterocycles. The number of benzene rings is 2. The molecule has 0 amide bonds. The van der Waals surface area contributed by atoms with Crippen molar-refractivity contribution in [3.05, 3.63) is 42.1 Å². The summed E-state index contributed by atoms with van der Waals surface area (Å²) in [6.45, 7) is 2.95. The second kappa shape index (κ2) is 13.6. The molecule has 35 heavy (non-hydrogen) atoms. The number of fused-ring (bicyclic) bond motifs is 2. The lowest BCUT2D eigenvalue weighted by atomic mass is 10.2. The highest BCUT2D eigenvalue weighted by atomic mass is 35.5. The third-order valence-corrected chi connectivity index (χ3v) is 5.35. The van der Waals surface area contributed by atoms with E-state index in [1.165, 1.54) is 6.33 Å². The van der Waals surface area contributed by atoms with Gasteiger partial charge in [-0.15, -0.1) is 0 Å². The van der Waals surface area contributed by atoms with Gasteiger partial charge in [0, 0.05) is 36.5 Å². The maximum absolute atomic E-state index is 5.93. The Bertz CT molecular complexity index is 1260. The molecule has 0 saturated heterocycles. The quantitative estimate of drug-likeness (QED) is 0.352. The van der Waals surface area contributed by atoms with Crippen LogP contribution >= 0.6 is 11.6 Å². The third-order valence-electron chi connectivity index (χ3n) is 5.05. The average Bonchev–Trinajstić information content (AvgIpc) is 2.86. The van der Waals surface area contributed by atoms with Gasteiger partial charge < -0.3 is 36.3 Å². The van der Waals surface area contributed by atoms with Crippen molar-refractivity contribution in [2.24, 2.45) is 0 Å². The molecule has 0 bridgehead atoms. The van der Waals surface area contributed by atoms with Gasteiger partial charge in [0.05, 0.1) is 39.5 Å². The van der Waals surface area contributed by atoms with Crippen LogP contribution < -0.4 is 36.3 Å². The summed E-state index contributed by atoms with van der Waals surface area (Å²) in [7, 11) is 8.38. The fraction of sp³-hybridized carbons (Fsp3) is 0.333. The second-order valence-corrected chi connectivity index (χ2v) is 7.18. The molecule has 0 aliphatic rings. The van der Waals surface area contributed by atoms with Crippen molar-refractivity contribution >= 4 is 39.2 Å². The summed E-state index contributed by atoms with van der Waals surface area (Å²) in [5, 5.41) is 2.11. The van der Waals surface area contributed by atoms with Crippen LogP contribution in [0.15, 0.2) is 36.9 Å². The van der Waals surface area contributed by atoms with E-state index < -0.39 is 0 Å². The standard InChI is InChI=1S/C13H17N3O2.C10H9ClN2O2.CH4.ClH/c1-5-16(2)13-9-6-11(17-3)12(18-4)7-10(9)14-8-15-13;1-14-8-3-6-7(4-9(8)15-2)12-5-13-10(6)11;;/h6-8H,5H2,1-4H3;3-5H,1-2H3;1H4;1H/p-1. The molecule has 4 aromatic rings. The maximum Gasteiger partial charge on any atom is 0.162 e. The highest BCUT2D eigenvalue weighted by Gasteiger charge is 2.12. The fourth-order valence-corrected chi connectivity index (χ4v) is 3.37. The predicted octanol–water partition coefficient (Wildman–Crippen LogP) is 2.04. The molecule has 2 aromatic carbocycles. The third kappa shape index (κ3) is 6.43. The first-order valence-corrected chi connectivity index (χ1v) is 10.4. The topological polar surface area (TPSA) is 91.7 Å². The van der Waals surface area contributed by atoms with Gasteiger partial charge in [0.15, 0.2) is 23.0 Å². The van der Waals surface area contributed by atoms with E-state index in [0.717, 1.165) is 34.2 Å². The van der Waals surface area contributed by atoms with Crippen molar-refractivity contribution in [1.29, 1.82) is 0 Å². The monoisotopic (exact) mass is 522 g/mol. The molecule has 4 rings (SSSR count). The number of hydrogen-bond acceptors (Lipinski definition) is 9. The Labute approximate surface area is 216 Å². The van der Waals surface area contributed by atoms with Crippen LogP contribution in [0.4, 0.5) is 5.82 Å². The zero-order valence-corrected chi connectivity index (χ0v) is 21.3. The summed E-state index contributed by atoms with van der Waals surface area (Å²) in [5.74, 6) is 3.49. The number of methoxy groups -OCH3 is 4. The lowest BCUT2D eigenvalue weighted by Crippen LogP contribution is -3.00. The Morgan fingerprint density at radius 2 is 1.14 bits per heavy atom. The summed E-state index contributed by atoms with van der Waals surface area (Å²) in [5.41, 5.74) is 1.57. The van der Waals surface area contributed by atoms with Gasteiger partial charge in [0.1, 0.15) is 23.6 Å². The van der Waals surface area contributed by atoms with Crippen LogP contribution in [0.1, 0.15) is 14.4 Å². The van der Waals surface area contributed by atoms with E-state index in [0.29, 0.717) is 28.2 Å². The van der Waals surface area contributed by atoms with Crippen LogP contribution in [0.2, 0.25) is 5.15 Å². The summed E-state index contributed by atoms with van der Waals surface area (Å²) in [6, 6.07) is 7.30. The summed E-state index contributed by atoms with van der Waals surface area (Å²) in [4.78, 5) is 18.7. The number of hydrogen-bond donors (Lipinski definition) is 0. The zero-order chi connectivity index (χ0) is 24.0. The normalized spacial score (nSPS) is 9.80. The van der Waals surface area contributed by atoms with Crippen LogP contribution in [-0.4, -0.2) is 62.0 Å². The molecule has 0 fully saturated rings. The van der Waals surface area contributed by atoms with Crippen LogP contribution in [0.3, 0.4) is 0 Å². The molecule has 0 radical (unpaired) electrons. The minimum atomic E-state index is 0.